The largest absolute Gasteiger partial charge is 0.273 e. The number of hydrogen-bond acceptors (Lipinski definition) is 1. The number of rotatable bonds is 2. The highest BCUT2D eigenvalue weighted by Crippen LogP contribution is 2.51. The molecule has 1 amide bonds. The molecular formula is C7H12NO. The third-order valence-electron chi connectivity index (χ3n) is 2.35. The van der Waals surface area contributed by atoms with E-state index in [-0.39, 0.29) is 11.3 Å². The van der Waals surface area contributed by atoms with Gasteiger partial charge in [0.2, 0.25) is 5.91 Å². The van der Waals surface area contributed by atoms with E-state index < -0.39 is 0 Å². The quantitative estimate of drug-likeness (QED) is 0.548. The minimum Gasteiger partial charge on any atom is -0.273 e. The molecule has 1 fully saturated rings. The molecule has 0 aromatic carbocycles. The molecule has 0 unspecified atom stereocenters. The van der Waals surface area contributed by atoms with E-state index in [1.165, 1.54) is 0 Å². The SMILES string of the molecule is CC(C)C1(C([NH])=O)CC1. The van der Waals surface area contributed by atoms with Gasteiger partial charge < -0.3 is 0 Å². The van der Waals surface area contributed by atoms with E-state index in [0.717, 1.165) is 12.8 Å². The molecule has 0 aliphatic heterocycles. The summed E-state index contributed by atoms with van der Waals surface area (Å²) >= 11 is 0. The van der Waals surface area contributed by atoms with E-state index >= 15 is 0 Å². The van der Waals surface area contributed by atoms with Crippen LogP contribution >= 0.6 is 0 Å². The predicted octanol–water partition coefficient (Wildman–Crippen LogP) is 1.23. The molecule has 0 atom stereocenters. The van der Waals surface area contributed by atoms with E-state index in [0.29, 0.717) is 5.92 Å². The van der Waals surface area contributed by atoms with Crippen LogP contribution in [0.2, 0.25) is 0 Å². The van der Waals surface area contributed by atoms with Crippen molar-refractivity contribution in [1.82, 2.24) is 5.73 Å². The number of carbonyl (C=O) groups is 1. The summed E-state index contributed by atoms with van der Waals surface area (Å²) in [6.45, 7) is 4.03. The minimum atomic E-state index is -0.363. The fourth-order valence-electron chi connectivity index (χ4n) is 1.20. The van der Waals surface area contributed by atoms with Crippen molar-refractivity contribution in [2.45, 2.75) is 26.7 Å². The van der Waals surface area contributed by atoms with E-state index in [1.807, 2.05) is 13.8 Å². The van der Waals surface area contributed by atoms with Crippen LogP contribution in [-0.4, -0.2) is 5.91 Å². The molecule has 2 heteroatoms. The number of amides is 1. The molecule has 1 radical (unpaired) electrons. The Morgan fingerprint density at radius 1 is 1.56 bits per heavy atom. The molecule has 0 heterocycles. The molecular weight excluding hydrogens is 114 g/mol. The lowest BCUT2D eigenvalue weighted by Crippen LogP contribution is -2.22. The first-order valence-electron chi connectivity index (χ1n) is 3.35. The average molecular weight is 126 g/mol. The fraction of sp³-hybridized carbons (Fsp3) is 0.857. The standard InChI is InChI=1S/C7H12NO/c1-5(2)7(3-4-7)6(8)9/h5,8H,3-4H2,1-2H3. The Hall–Kier alpha value is -0.530. The van der Waals surface area contributed by atoms with Gasteiger partial charge in [-0.3, -0.25) is 10.5 Å². The van der Waals surface area contributed by atoms with Gasteiger partial charge in [-0.05, 0) is 18.8 Å². The lowest BCUT2D eigenvalue weighted by molar-refractivity contribution is -0.125. The zero-order valence-corrected chi connectivity index (χ0v) is 5.90. The Bertz CT molecular complexity index is 136. The Morgan fingerprint density at radius 2 is 2.00 bits per heavy atom. The monoisotopic (exact) mass is 126 g/mol. The Kier molecular flexibility index (Phi) is 1.26. The molecule has 1 N–H and O–H groups in total. The molecule has 0 spiro atoms. The molecule has 9 heavy (non-hydrogen) atoms. The van der Waals surface area contributed by atoms with E-state index in [2.05, 4.69) is 0 Å². The van der Waals surface area contributed by atoms with Gasteiger partial charge in [0.15, 0.2) is 0 Å². The highest BCUT2D eigenvalue weighted by atomic mass is 16.1. The highest BCUT2D eigenvalue weighted by Gasteiger charge is 2.51. The molecule has 0 bridgehead atoms. The molecule has 0 aromatic heterocycles. The number of hydrogen-bond donors (Lipinski definition) is 0. The Morgan fingerprint density at radius 3 is 2.00 bits per heavy atom. The van der Waals surface area contributed by atoms with Gasteiger partial charge in [-0.2, -0.15) is 0 Å². The van der Waals surface area contributed by atoms with Crippen LogP contribution in [0.3, 0.4) is 0 Å². The molecule has 51 valence electrons. The summed E-state index contributed by atoms with van der Waals surface area (Å²) in [5, 5.41) is 0. The summed E-state index contributed by atoms with van der Waals surface area (Å²) < 4.78 is 0. The Labute approximate surface area is 55.4 Å². The van der Waals surface area contributed by atoms with Crippen molar-refractivity contribution in [1.29, 1.82) is 0 Å². The van der Waals surface area contributed by atoms with Gasteiger partial charge in [-0.1, -0.05) is 13.8 Å². The van der Waals surface area contributed by atoms with Crippen molar-refractivity contribution in [3.05, 3.63) is 0 Å². The second-order valence-electron chi connectivity index (χ2n) is 3.14. The van der Waals surface area contributed by atoms with Crippen molar-refractivity contribution < 1.29 is 4.79 Å². The van der Waals surface area contributed by atoms with E-state index in [9.17, 15) is 4.79 Å². The third-order valence-corrected chi connectivity index (χ3v) is 2.35. The maximum absolute atomic E-state index is 10.6. The second-order valence-corrected chi connectivity index (χ2v) is 3.14. The molecule has 2 nitrogen and oxygen atoms in total. The minimum absolute atomic E-state index is 0.222. The molecule has 0 saturated heterocycles. The van der Waals surface area contributed by atoms with Gasteiger partial charge in [-0.15, -0.1) is 0 Å². The fourth-order valence-corrected chi connectivity index (χ4v) is 1.20. The van der Waals surface area contributed by atoms with Crippen molar-refractivity contribution in [2.24, 2.45) is 11.3 Å². The molecule has 1 aliphatic carbocycles. The van der Waals surface area contributed by atoms with Gasteiger partial charge in [0.05, 0.1) is 5.41 Å². The predicted molar refractivity (Wildman–Crippen MR) is 34.6 cm³/mol. The summed E-state index contributed by atoms with van der Waals surface area (Å²) in [6.07, 6.45) is 1.88. The molecule has 1 rings (SSSR count). The zero-order chi connectivity index (χ0) is 7.07. The van der Waals surface area contributed by atoms with E-state index in [1.54, 1.807) is 0 Å². The van der Waals surface area contributed by atoms with Crippen LogP contribution in [0.25, 0.3) is 0 Å². The normalized spacial score (nSPS) is 22.1. The maximum atomic E-state index is 10.6. The molecule has 0 aromatic rings. The van der Waals surface area contributed by atoms with Gasteiger partial charge in [0, 0.05) is 0 Å². The number of carbonyl (C=O) groups excluding carboxylic acids is 1. The van der Waals surface area contributed by atoms with E-state index in [4.69, 9.17) is 5.73 Å². The summed E-state index contributed by atoms with van der Waals surface area (Å²) in [6, 6.07) is 0. The smallest absolute Gasteiger partial charge is 0.244 e. The van der Waals surface area contributed by atoms with Gasteiger partial charge in [-0.25, -0.2) is 0 Å². The summed E-state index contributed by atoms with van der Waals surface area (Å²) in [7, 11) is 0. The first-order chi connectivity index (χ1) is 4.09. The van der Waals surface area contributed by atoms with Crippen LogP contribution in [0, 0.1) is 11.3 Å². The zero-order valence-electron chi connectivity index (χ0n) is 5.90. The van der Waals surface area contributed by atoms with Crippen LogP contribution < -0.4 is 5.73 Å². The lowest BCUT2D eigenvalue weighted by atomic mass is 9.92. The molecule has 1 aliphatic rings. The highest BCUT2D eigenvalue weighted by molar-refractivity contribution is 5.83. The van der Waals surface area contributed by atoms with Crippen LogP contribution in [0.5, 0.6) is 0 Å². The summed E-state index contributed by atoms with van der Waals surface area (Å²) in [4.78, 5) is 10.6. The van der Waals surface area contributed by atoms with Gasteiger partial charge in [0.1, 0.15) is 0 Å². The van der Waals surface area contributed by atoms with Crippen LogP contribution in [0.15, 0.2) is 0 Å². The summed E-state index contributed by atoms with van der Waals surface area (Å²) in [5.74, 6) is 0.000000000000000444. The van der Waals surface area contributed by atoms with Crippen molar-refractivity contribution in [3.8, 4) is 0 Å². The van der Waals surface area contributed by atoms with Crippen LogP contribution in [0.1, 0.15) is 26.7 Å². The van der Waals surface area contributed by atoms with Gasteiger partial charge >= 0.3 is 0 Å². The Balaban J connectivity index is 2.63. The van der Waals surface area contributed by atoms with Crippen molar-refractivity contribution in [3.63, 3.8) is 0 Å². The molecule has 1 saturated carbocycles. The summed E-state index contributed by atoms with van der Waals surface area (Å²) in [5.41, 5.74) is 6.71. The van der Waals surface area contributed by atoms with Crippen LogP contribution in [0.4, 0.5) is 0 Å². The van der Waals surface area contributed by atoms with Crippen LogP contribution in [-0.2, 0) is 4.79 Å². The maximum Gasteiger partial charge on any atom is 0.244 e. The average Bonchev–Trinajstić information content (AvgIpc) is 2.40. The first kappa shape index (κ1) is 6.59. The van der Waals surface area contributed by atoms with Gasteiger partial charge in [0.25, 0.3) is 0 Å². The van der Waals surface area contributed by atoms with Crippen molar-refractivity contribution in [2.75, 3.05) is 0 Å². The topological polar surface area (TPSA) is 40.9 Å². The third kappa shape index (κ3) is 0.824. The number of nitrogens with one attached hydrogen (secondary N) is 1. The lowest BCUT2D eigenvalue weighted by Gasteiger charge is -2.12. The first-order valence-corrected chi connectivity index (χ1v) is 3.35. The van der Waals surface area contributed by atoms with Crippen molar-refractivity contribution >= 4 is 5.91 Å². The second kappa shape index (κ2) is 1.72.